The monoisotopic (exact) mass is 519 g/mol. The van der Waals surface area contributed by atoms with Crippen LogP contribution in [0.15, 0.2) is 36.8 Å². The van der Waals surface area contributed by atoms with Crippen LogP contribution in [0.1, 0.15) is 54.6 Å². The maximum absolute atomic E-state index is 14.3. The summed E-state index contributed by atoms with van der Waals surface area (Å²) in [6.45, 7) is 9.90. The van der Waals surface area contributed by atoms with Gasteiger partial charge in [0, 0.05) is 63.5 Å². The van der Waals surface area contributed by atoms with Gasteiger partial charge in [-0.2, -0.15) is 0 Å². The van der Waals surface area contributed by atoms with Gasteiger partial charge in [0.25, 0.3) is 5.91 Å². The zero-order valence-corrected chi connectivity index (χ0v) is 22.8. The summed E-state index contributed by atoms with van der Waals surface area (Å²) in [4.78, 5) is 33.6. The van der Waals surface area contributed by atoms with E-state index in [0.717, 1.165) is 61.9 Å². The fraction of sp³-hybridized carbons (Fsp3) is 0.500. The maximum Gasteiger partial charge on any atom is 0.256 e. The summed E-state index contributed by atoms with van der Waals surface area (Å²) in [5.41, 5.74) is 4.27. The van der Waals surface area contributed by atoms with E-state index in [1.54, 1.807) is 18.0 Å². The summed E-state index contributed by atoms with van der Waals surface area (Å²) in [6.07, 6.45) is 9.43. The van der Waals surface area contributed by atoms with E-state index in [9.17, 15) is 14.0 Å². The van der Waals surface area contributed by atoms with Gasteiger partial charge >= 0.3 is 0 Å². The molecule has 7 nitrogen and oxygen atoms in total. The van der Waals surface area contributed by atoms with Crippen molar-refractivity contribution in [3.63, 3.8) is 0 Å². The number of benzene rings is 1. The molecule has 1 N–H and O–H groups in total. The number of halogens is 1. The standard InChI is InChI=1S/C30H38FN5O2/c1-19(2)34(4)30(38)25-12-24(31)6-7-26(25)36-18-23(29-20(3)13-32-14-27(29)36)11-22-16-35(17-22)15-21-5-8-28(37)33-10-9-21/h6-7,12-14,18-19,21-22H,5,8-11,15-17H2,1-4H3,(H,33,37). The summed E-state index contributed by atoms with van der Waals surface area (Å²) < 4.78 is 16.3. The normalized spacial score (nSPS) is 18.9. The first-order valence-corrected chi connectivity index (χ1v) is 13.7. The fourth-order valence-electron chi connectivity index (χ4n) is 5.91. The van der Waals surface area contributed by atoms with E-state index < -0.39 is 5.82 Å². The highest BCUT2D eigenvalue weighted by Gasteiger charge is 2.31. The van der Waals surface area contributed by atoms with E-state index in [0.29, 0.717) is 29.5 Å². The van der Waals surface area contributed by atoms with Crippen molar-refractivity contribution in [1.29, 1.82) is 0 Å². The van der Waals surface area contributed by atoms with Crippen molar-refractivity contribution in [3.8, 4) is 5.69 Å². The summed E-state index contributed by atoms with van der Waals surface area (Å²) >= 11 is 0. The number of carbonyl (C=O) groups excluding carboxylic acids is 2. The number of pyridine rings is 1. The molecule has 202 valence electrons. The molecular formula is C30H38FN5O2. The number of aryl methyl sites for hydroxylation is 1. The Labute approximate surface area is 224 Å². The van der Waals surface area contributed by atoms with Crippen molar-refractivity contribution in [1.82, 2.24) is 24.7 Å². The number of amides is 2. The van der Waals surface area contributed by atoms with Gasteiger partial charge in [0.05, 0.1) is 23.0 Å². The number of hydrogen-bond acceptors (Lipinski definition) is 4. The van der Waals surface area contributed by atoms with Gasteiger partial charge in [-0.3, -0.25) is 14.6 Å². The largest absolute Gasteiger partial charge is 0.356 e. The van der Waals surface area contributed by atoms with Crippen LogP contribution in [-0.2, 0) is 11.2 Å². The lowest BCUT2D eigenvalue weighted by atomic mass is 9.89. The second-order valence-corrected chi connectivity index (χ2v) is 11.4. The van der Waals surface area contributed by atoms with Gasteiger partial charge < -0.3 is 19.7 Å². The van der Waals surface area contributed by atoms with E-state index in [4.69, 9.17) is 0 Å². The van der Waals surface area contributed by atoms with E-state index in [-0.39, 0.29) is 17.9 Å². The second-order valence-electron chi connectivity index (χ2n) is 11.4. The molecule has 1 atom stereocenters. The van der Waals surface area contributed by atoms with Crippen molar-refractivity contribution >= 4 is 22.7 Å². The highest BCUT2D eigenvalue weighted by Crippen LogP contribution is 2.33. The highest BCUT2D eigenvalue weighted by atomic mass is 19.1. The molecule has 2 aliphatic rings. The van der Waals surface area contributed by atoms with Crippen LogP contribution in [0.5, 0.6) is 0 Å². The number of nitrogens with zero attached hydrogens (tertiary/aromatic N) is 4. The van der Waals surface area contributed by atoms with Gasteiger partial charge in [0.1, 0.15) is 5.82 Å². The lowest BCUT2D eigenvalue weighted by molar-refractivity contribution is -0.120. The van der Waals surface area contributed by atoms with E-state index in [2.05, 4.69) is 28.3 Å². The molecule has 2 saturated heterocycles. The van der Waals surface area contributed by atoms with Crippen LogP contribution in [0.3, 0.4) is 0 Å². The molecule has 0 aliphatic carbocycles. The first-order valence-electron chi connectivity index (χ1n) is 13.7. The Morgan fingerprint density at radius 2 is 2.00 bits per heavy atom. The van der Waals surface area contributed by atoms with Crippen molar-refractivity contribution in [2.24, 2.45) is 11.8 Å². The minimum absolute atomic E-state index is 0.00389. The topological polar surface area (TPSA) is 70.5 Å². The smallest absolute Gasteiger partial charge is 0.256 e. The average molecular weight is 520 g/mol. The van der Waals surface area contributed by atoms with Crippen LogP contribution in [0.25, 0.3) is 16.6 Å². The third kappa shape index (κ3) is 5.32. The predicted octanol–water partition coefficient (Wildman–Crippen LogP) is 4.34. The first kappa shape index (κ1) is 26.4. The molecule has 8 heteroatoms. The third-order valence-electron chi connectivity index (χ3n) is 8.24. The van der Waals surface area contributed by atoms with Crippen LogP contribution < -0.4 is 5.32 Å². The van der Waals surface area contributed by atoms with Gasteiger partial charge in [-0.15, -0.1) is 0 Å². The summed E-state index contributed by atoms with van der Waals surface area (Å²) in [7, 11) is 1.75. The van der Waals surface area contributed by atoms with Crippen molar-refractivity contribution in [3.05, 3.63) is 59.3 Å². The van der Waals surface area contributed by atoms with Crippen molar-refractivity contribution in [2.45, 2.75) is 52.5 Å². The Kier molecular flexibility index (Phi) is 7.52. The first-order chi connectivity index (χ1) is 18.2. The minimum Gasteiger partial charge on any atom is -0.356 e. The Bertz CT molecular complexity index is 1340. The number of fused-ring (bicyclic) bond motifs is 1. The third-order valence-corrected chi connectivity index (χ3v) is 8.24. The van der Waals surface area contributed by atoms with E-state index in [1.807, 2.05) is 30.8 Å². The van der Waals surface area contributed by atoms with Gasteiger partial charge in [0.15, 0.2) is 0 Å². The number of rotatable bonds is 7. The van der Waals surface area contributed by atoms with Crippen LogP contribution in [0.2, 0.25) is 0 Å². The molecule has 38 heavy (non-hydrogen) atoms. The van der Waals surface area contributed by atoms with Crippen LogP contribution >= 0.6 is 0 Å². The molecular weight excluding hydrogens is 481 g/mol. The Morgan fingerprint density at radius 1 is 1.21 bits per heavy atom. The highest BCUT2D eigenvalue weighted by molar-refractivity contribution is 5.99. The van der Waals surface area contributed by atoms with Crippen molar-refractivity contribution < 1.29 is 14.0 Å². The molecule has 2 amide bonds. The quantitative estimate of drug-likeness (QED) is 0.504. The van der Waals surface area contributed by atoms with Crippen LogP contribution in [0, 0.1) is 24.6 Å². The molecule has 3 aromatic rings. The SMILES string of the molecule is Cc1cncc2c1c(CC1CN(CC3CCNC(=O)CC3)C1)cn2-c1ccc(F)cc1C(=O)N(C)C(C)C. The maximum atomic E-state index is 14.3. The number of carbonyl (C=O) groups is 2. The number of hydrogen-bond donors (Lipinski definition) is 1. The summed E-state index contributed by atoms with van der Waals surface area (Å²) in [5.74, 6) is 0.668. The Hall–Kier alpha value is -3.26. The zero-order chi connectivity index (χ0) is 27.0. The number of aromatic nitrogens is 2. The summed E-state index contributed by atoms with van der Waals surface area (Å²) in [5, 5.41) is 4.14. The molecule has 0 radical (unpaired) electrons. The molecule has 5 rings (SSSR count). The summed E-state index contributed by atoms with van der Waals surface area (Å²) in [6, 6.07) is 4.44. The zero-order valence-electron chi connectivity index (χ0n) is 22.8. The molecule has 4 heterocycles. The van der Waals surface area contributed by atoms with Crippen LogP contribution in [-0.4, -0.2) is 70.4 Å². The average Bonchev–Trinajstić information content (AvgIpc) is 3.10. The van der Waals surface area contributed by atoms with E-state index in [1.165, 1.54) is 17.7 Å². The van der Waals surface area contributed by atoms with Gasteiger partial charge in [0.2, 0.25) is 5.91 Å². The molecule has 0 bridgehead atoms. The van der Waals surface area contributed by atoms with Crippen LogP contribution in [0.4, 0.5) is 4.39 Å². The fourth-order valence-corrected chi connectivity index (χ4v) is 5.91. The van der Waals surface area contributed by atoms with Gasteiger partial charge in [-0.1, -0.05) is 0 Å². The van der Waals surface area contributed by atoms with Gasteiger partial charge in [-0.25, -0.2) is 4.39 Å². The van der Waals surface area contributed by atoms with Crippen molar-refractivity contribution in [2.75, 3.05) is 33.2 Å². The minimum atomic E-state index is -0.427. The second kappa shape index (κ2) is 10.8. The van der Waals surface area contributed by atoms with E-state index >= 15 is 0 Å². The Morgan fingerprint density at radius 3 is 2.76 bits per heavy atom. The Balaban J connectivity index is 1.39. The molecule has 1 unspecified atom stereocenters. The lowest BCUT2D eigenvalue weighted by Crippen LogP contribution is -2.49. The number of nitrogens with one attached hydrogen (secondary N) is 1. The molecule has 1 aromatic carbocycles. The molecule has 2 aliphatic heterocycles. The molecule has 0 spiro atoms. The van der Waals surface area contributed by atoms with Gasteiger partial charge in [-0.05, 0) is 81.2 Å². The molecule has 2 aromatic heterocycles. The molecule has 0 saturated carbocycles. The number of likely N-dealkylation sites (tertiary alicyclic amines) is 1. The molecule has 2 fully saturated rings. The predicted molar refractivity (Wildman–Crippen MR) is 147 cm³/mol. The lowest BCUT2D eigenvalue weighted by Gasteiger charge is -2.41.